The molecule has 0 unspecified atom stereocenters. The second-order valence-corrected chi connectivity index (χ2v) is 8.63. The van der Waals surface area contributed by atoms with Gasteiger partial charge in [0.2, 0.25) is 0 Å². The SMILES string of the molecule is CC(C)[C@H](c1nnnn1C1CCCC1)N(Cc1ccccc1)Cc1ccc(F)cc1. The minimum atomic E-state index is -0.209. The molecule has 30 heavy (non-hydrogen) atoms. The van der Waals surface area contributed by atoms with Crippen LogP contribution in [-0.2, 0) is 13.1 Å². The van der Waals surface area contributed by atoms with Gasteiger partial charge >= 0.3 is 0 Å². The summed E-state index contributed by atoms with van der Waals surface area (Å²) in [7, 11) is 0. The summed E-state index contributed by atoms with van der Waals surface area (Å²) in [4.78, 5) is 2.42. The van der Waals surface area contributed by atoms with E-state index < -0.39 is 0 Å². The monoisotopic (exact) mass is 407 g/mol. The fourth-order valence-electron chi connectivity index (χ4n) is 4.58. The summed E-state index contributed by atoms with van der Waals surface area (Å²) in [6.45, 7) is 5.93. The molecule has 1 aromatic heterocycles. The van der Waals surface area contributed by atoms with Gasteiger partial charge in [-0.15, -0.1) is 5.10 Å². The van der Waals surface area contributed by atoms with Crippen LogP contribution in [0.15, 0.2) is 54.6 Å². The summed E-state index contributed by atoms with van der Waals surface area (Å²) in [6.07, 6.45) is 4.75. The Morgan fingerprint density at radius 3 is 2.23 bits per heavy atom. The van der Waals surface area contributed by atoms with Crippen molar-refractivity contribution in [1.29, 1.82) is 0 Å². The van der Waals surface area contributed by atoms with Gasteiger partial charge in [-0.3, -0.25) is 4.90 Å². The molecular weight excluding hydrogens is 377 g/mol. The summed E-state index contributed by atoms with van der Waals surface area (Å²) in [6, 6.07) is 17.7. The van der Waals surface area contributed by atoms with Crippen molar-refractivity contribution in [3.8, 4) is 0 Å². The van der Waals surface area contributed by atoms with Crippen molar-refractivity contribution in [1.82, 2.24) is 25.1 Å². The van der Waals surface area contributed by atoms with E-state index in [4.69, 9.17) is 0 Å². The Morgan fingerprint density at radius 1 is 0.967 bits per heavy atom. The fourth-order valence-corrected chi connectivity index (χ4v) is 4.58. The van der Waals surface area contributed by atoms with Gasteiger partial charge < -0.3 is 0 Å². The molecule has 1 atom stereocenters. The van der Waals surface area contributed by atoms with E-state index in [2.05, 4.69) is 63.2 Å². The number of hydrogen-bond donors (Lipinski definition) is 0. The first kappa shape index (κ1) is 20.7. The molecule has 6 heteroatoms. The van der Waals surface area contributed by atoms with Crippen molar-refractivity contribution < 1.29 is 4.39 Å². The molecule has 1 saturated carbocycles. The summed E-state index contributed by atoms with van der Waals surface area (Å²) in [5.41, 5.74) is 2.32. The third-order valence-electron chi connectivity index (χ3n) is 6.01. The Morgan fingerprint density at radius 2 is 1.60 bits per heavy atom. The molecule has 0 N–H and O–H groups in total. The molecular formula is C24H30FN5. The minimum Gasteiger partial charge on any atom is -0.285 e. The van der Waals surface area contributed by atoms with Gasteiger partial charge in [0.05, 0.1) is 12.1 Å². The zero-order valence-corrected chi connectivity index (χ0v) is 17.8. The van der Waals surface area contributed by atoms with Crippen LogP contribution in [0.3, 0.4) is 0 Å². The third kappa shape index (κ3) is 4.75. The average Bonchev–Trinajstić information content (AvgIpc) is 3.42. The van der Waals surface area contributed by atoms with Crippen molar-refractivity contribution in [3.63, 3.8) is 0 Å². The molecule has 0 bridgehead atoms. The lowest BCUT2D eigenvalue weighted by Crippen LogP contribution is -2.34. The van der Waals surface area contributed by atoms with Gasteiger partial charge in [0.15, 0.2) is 5.82 Å². The Kier molecular flexibility index (Phi) is 6.53. The second-order valence-electron chi connectivity index (χ2n) is 8.63. The number of nitrogens with zero attached hydrogens (tertiary/aromatic N) is 5. The van der Waals surface area contributed by atoms with Gasteiger partial charge in [-0.1, -0.05) is 69.2 Å². The largest absolute Gasteiger partial charge is 0.285 e. The van der Waals surface area contributed by atoms with E-state index in [0.717, 1.165) is 30.8 Å². The smallest absolute Gasteiger partial charge is 0.168 e. The first-order valence-electron chi connectivity index (χ1n) is 10.9. The summed E-state index contributed by atoms with van der Waals surface area (Å²) in [5, 5.41) is 13.0. The van der Waals surface area contributed by atoms with E-state index in [-0.39, 0.29) is 11.9 Å². The van der Waals surface area contributed by atoms with Gasteiger partial charge in [0.1, 0.15) is 5.82 Å². The highest BCUT2D eigenvalue weighted by Gasteiger charge is 2.32. The molecule has 0 amide bonds. The zero-order valence-electron chi connectivity index (χ0n) is 17.8. The summed E-state index contributed by atoms with van der Waals surface area (Å²) in [5.74, 6) is 1.05. The molecule has 158 valence electrons. The van der Waals surface area contributed by atoms with Crippen LogP contribution in [0.4, 0.5) is 4.39 Å². The van der Waals surface area contributed by atoms with Crippen LogP contribution in [0.25, 0.3) is 0 Å². The van der Waals surface area contributed by atoms with E-state index in [1.54, 1.807) is 0 Å². The molecule has 0 spiro atoms. The van der Waals surface area contributed by atoms with Crippen molar-refractivity contribution >= 4 is 0 Å². The summed E-state index contributed by atoms with van der Waals surface area (Å²) >= 11 is 0. The highest BCUT2D eigenvalue weighted by molar-refractivity contribution is 5.19. The molecule has 2 aromatic carbocycles. The van der Waals surface area contributed by atoms with Crippen LogP contribution < -0.4 is 0 Å². The quantitative estimate of drug-likeness (QED) is 0.507. The maximum Gasteiger partial charge on any atom is 0.168 e. The number of hydrogen-bond acceptors (Lipinski definition) is 4. The lowest BCUT2D eigenvalue weighted by molar-refractivity contribution is 0.124. The lowest BCUT2D eigenvalue weighted by atomic mass is 9.99. The molecule has 1 heterocycles. The molecule has 1 aliphatic rings. The van der Waals surface area contributed by atoms with Crippen LogP contribution in [-0.4, -0.2) is 25.1 Å². The number of aromatic nitrogens is 4. The van der Waals surface area contributed by atoms with E-state index >= 15 is 0 Å². The molecule has 1 fully saturated rings. The Labute approximate surface area is 177 Å². The zero-order chi connectivity index (χ0) is 20.9. The van der Waals surface area contributed by atoms with Crippen molar-refractivity contribution in [2.24, 2.45) is 5.92 Å². The minimum absolute atomic E-state index is 0.0610. The predicted molar refractivity (Wildman–Crippen MR) is 115 cm³/mol. The van der Waals surface area contributed by atoms with Crippen molar-refractivity contribution in [2.75, 3.05) is 0 Å². The first-order chi connectivity index (χ1) is 14.6. The van der Waals surface area contributed by atoms with Crippen LogP contribution in [0.1, 0.15) is 68.6 Å². The third-order valence-corrected chi connectivity index (χ3v) is 6.01. The number of rotatable bonds is 8. The van der Waals surface area contributed by atoms with Crippen LogP contribution >= 0.6 is 0 Å². The normalized spacial score (nSPS) is 15.9. The first-order valence-corrected chi connectivity index (χ1v) is 10.9. The maximum atomic E-state index is 13.5. The standard InChI is InChI=1S/C24H30FN5/c1-18(2)23(24-26-27-28-30(24)22-10-6-7-11-22)29(16-19-8-4-3-5-9-19)17-20-12-14-21(25)15-13-20/h3-5,8-9,12-15,18,22-23H,6-7,10-11,16-17H2,1-2H3/t23-/m1/s1. The van der Waals surface area contributed by atoms with E-state index in [0.29, 0.717) is 18.5 Å². The van der Waals surface area contributed by atoms with Crippen molar-refractivity contribution in [3.05, 3.63) is 77.4 Å². The lowest BCUT2D eigenvalue weighted by Gasteiger charge is -2.34. The molecule has 3 aromatic rings. The Hall–Kier alpha value is -2.60. The van der Waals surface area contributed by atoms with Gasteiger partial charge in [-0.05, 0) is 52.4 Å². The highest BCUT2D eigenvalue weighted by atomic mass is 19.1. The Bertz CT molecular complexity index is 916. The van der Waals surface area contributed by atoms with E-state index in [1.165, 1.54) is 30.5 Å². The van der Waals surface area contributed by atoms with E-state index in [1.807, 2.05) is 18.2 Å². The van der Waals surface area contributed by atoms with Gasteiger partial charge in [0.25, 0.3) is 0 Å². The molecule has 0 radical (unpaired) electrons. The van der Waals surface area contributed by atoms with Crippen LogP contribution in [0.2, 0.25) is 0 Å². The van der Waals surface area contributed by atoms with E-state index in [9.17, 15) is 4.39 Å². The summed E-state index contributed by atoms with van der Waals surface area (Å²) < 4.78 is 15.5. The fraction of sp³-hybridized carbons (Fsp3) is 0.458. The topological polar surface area (TPSA) is 46.8 Å². The second kappa shape index (κ2) is 9.47. The van der Waals surface area contributed by atoms with Gasteiger partial charge in [0, 0.05) is 13.1 Å². The van der Waals surface area contributed by atoms with Gasteiger partial charge in [-0.2, -0.15) is 0 Å². The number of benzene rings is 2. The number of tetrazole rings is 1. The van der Waals surface area contributed by atoms with Crippen LogP contribution in [0, 0.1) is 11.7 Å². The molecule has 1 aliphatic carbocycles. The maximum absolute atomic E-state index is 13.5. The Balaban J connectivity index is 1.68. The number of halogens is 1. The van der Waals surface area contributed by atoms with Crippen LogP contribution in [0.5, 0.6) is 0 Å². The molecule has 4 rings (SSSR count). The highest BCUT2D eigenvalue weighted by Crippen LogP contribution is 2.35. The van der Waals surface area contributed by atoms with Gasteiger partial charge in [-0.25, -0.2) is 9.07 Å². The van der Waals surface area contributed by atoms with Crippen molar-refractivity contribution in [2.45, 2.75) is 64.7 Å². The molecule has 5 nitrogen and oxygen atoms in total. The predicted octanol–water partition coefficient (Wildman–Crippen LogP) is 5.33. The molecule has 0 saturated heterocycles. The molecule has 0 aliphatic heterocycles. The average molecular weight is 408 g/mol.